The highest BCUT2D eigenvalue weighted by Crippen LogP contribution is 2.23. The van der Waals surface area contributed by atoms with Crippen LogP contribution in [0, 0.1) is 0 Å². The number of amides is 2. The summed E-state index contributed by atoms with van der Waals surface area (Å²) in [6.45, 7) is 5.36. The van der Waals surface area contributed by atoms with Crippen LogP contribution in [0.4, 0.5) is 15.5 Å². The van der Waals surface area contributed by atoms with Crippen molar-refractivity contribution in [2.75, 3.05) is 17.7 Å². The molecular formula is C19H22N2O5S. The van der Waals surface area contributed by atoms with Crippen molar-refractivity contribution in [3.63, 3.8) is 0 Å². The van der Waals surface area contributed by atoms with E-state index in [-0.39, 0.29) is 12.3 Å². The molecule has 144 valence electrons. The molecule has 7 nitrogen and oxygen atoms in total. The number of ether oxygens (including phenoxy) is 2. The highest BCUT2D eigenvalue weighted by atomic mass is 32.1. The van der Waals surface area contributed by atoms with E-state index in [4.69, 9.17) is 4.74 Å². The Morgan fingerprint density at radius 2 is 1.67 bits per heavy atom. The second-order valence-electron chi connectivity index (χ2n) is 6.70. The molecule has 0 saturated carbocycles. The van der Waals surface area contributed by atoms with E-state index >= 15 is 0 Å². The molecule has 2 amide bonds. The Morgan fingerprint density at radius 1 is 1.00 bits per heavy atom. The Morgan fingerprint density at radius 3 is 2.26 bits per heavy atom. The van der Waals surface area contributed by atoms with E-state index in [0.29, 0.717) is 15.6 Å². The van der Waals surface area contributed by atoms with E-state index in [1.165, 1.54) is 7.11 Å². The van der Waals surface area contributed by atoms with Crippen LogP contribution < -0.4 is 10.6 Å². The molecule has 2 aromatic rings. The number of thiophene rings is 1. The van der Waals surface area contributed by atoms with Gasteiger partial charge in [-0.15, -0.1) is 11.3 Å². The van der Waals surface area contributed by atoms with Crippen LogP contribution in [0.15, 0.2) is 36.4 Å². The van der Waals surface area contributed by atoms with E-state index in [1.807, 2.05) is 0 Å². The minimum Gasteiger partial charge on any atom is -0.465 e. The highest BCUT2D eigenvalue weighted by Gasteiger charge is 2.16. The number of carbonyl (C=O) groups is 3. The lowest BCUT2D eigenvalue weighted by atomic mass is 10.1. The number of methoxy groups -OCH3 is 1. The van der Waals surface area contributed by atoms with Crippen LogP contribution in [0.3, 0.4) is 0 Å². The minimum absolute atomic E-state index is 0.165. The summed E-state index contributed by atoms with van der Waals surface area (Å²) >= 11 is 1.15. The number of hydrogen-bond acceptors (Lipinski definition) is 6. The molecule has 0 radical (unpaired) electrons. The van der Waals surface area contributed by atoms with Gasteiger partial charge in [-0.25, -0.2) is 9.59 Å². The largest absolute Gasteiger partial charge is 0.465 e. The number of carbonyl (C=O) groups excluding carboxylic acids is 3. The summed E-state index contributed by atoms with van der Waals surface area (Å²) in [7, 11) is 1.31. The van der Waals surface area contributed by atoms with Gasteiger partial charge in [0, 0.05) is 5.69 Å². The van der Waals surface area contributed by atoms with Gasteiger partial charge in [0.25, 0.3) is 0 Å². The Kier molecular flexibility index (Phi) is 6.57. The maximum absolute atomic E-state index is 12.1. The molecule has 0 unspecified atom stereocenters. The number of nitrogens with one attached hydrogen (secondary N) is 2. The predicted molar refractivity (Wildman–Crippen MR) is 104 cm³/mol. The van der Waals surface area contributed by atoms with Crippen LogP contribution in [-0.2, 0) is 20.7 Å². The van der Waals surface area contributed by atoms with Crippen molar-refractivity contribution in [1.29, 1.82) is 0 Å². The molecule has 0 fully saturated rings. The molecule has 0 aliphatic heterocycles. The summed E-state index contributed by atoms with van der Waals surface area (Å²) < 4.78 is 9.82. The molecule has 0 saturated heterocycles. The Labute approximate surface area is 161 Å². The standard InChI is InChI=1S/C19H22N2O5S/c1-19(2,3)26-18(24)20-13-7-5-12(6-8-13)11-15(22)21-16-10-9-14(27-16)17(23)25-4/h5-10H,11H2,1-4H3,(H,20,24)(H,21,22). The quantitative estimate of drug-likeness (QED) is 0.751. The third-order valence-corrected chi connectivity index (χ3v) is 4.20. The van der Waals surface area contributed by atoms with Gasteiger partial charge in [-0.3, -0.25) is 10.1 Å². The summed E-state index contributed by atoms with van der Waals surface area (Å²) in [4.78, 5) is 35.7. The van der Waals surface area contributed by atoms with Crippen LogP contribution in [0.25, 0.3) is 0 Å². The average molecular weight is 390 g/mol. The van der Waals surface area contributed by atoms with Crippen LogP contribution in [0.5, 0.6) is 0 Å². The molecule has 0 aliphatic carbocycles. The zero-order chi connectivity index (χ0) is 20.0. The summed E-state index contributed by atoms with van der Waals surface area (Å²) in [5.74, 6) is -0.644. The zero-order valence-electron chi connectivity index (χ0n) is 15.6. The van der Waals surface area contributed by atoms with Crippen molar-refractivity contribution in [2.45, 2.75) is 32.8 Å². The van der Waals surface area contributed by atoms with Gasteiger partial charge in [-0.05, 0) is 50.6 Å². The lowest BCUT2D eigenvalue weighted by Crippen LogP contribution is -2.27. The first-order valence-electron chi connectivity index (χ1n) is 8.23. The first kappa shape index (κ1) is 20.4. The molecule has 1 aromatic carbocycles. The summed E-state index contributed by atoms with van der Waals surface area (Å²) in [5, 5.41) is 5.95. The van der Waals surface area contributed by atoms with E-state index < -0.39 is 17.7 Å². The highest BCUT2D eigenvalue weighted by molar-refractivity contribution is 7.18. The van der Waals surface area contributed by atoms with Gasteiger partial charge in [-0.2, -0.15) is 0 Å². The van der Waals surface area contributed by atoms with Gasteiger partial charge in [0.1, 0.15) is 10.5 Å². The number of benzene rings is 1. The molecule has 2 rings (SSSR count). The molecule has 0 atom stereocenters. The van der Waals surface area contributed by atoms with Crippen LogP contribution in [-0.4, -0.2) is 30.7 Å². The van der Waals surface area contributed by atoms with Gasteiger partial charge >= 0.3 is 12.1 Å². The van der Waals surface area contributed by atoms with Crippen molar-refractivity contribution >= 4 is 40.0 Å². The van der Waals surface area contributed by atoms with Crippen LogP contribution >= 0.6 is 11.3 Å². The van der Waals surface area contributed by atoms with E-state index in [2.05, 4.69) is 15.4 Å². The predicted octanol–water partition coefficient (Wildman–Crippen LogP) is 4.06. The first-order valence-corrected chi connectivity index (χ1v) is 9.05. The van der Waals surface area contributed by atoms with Gasteiger partial charge in [0.2, 0.25) is 5.91 Å². The monoisotopic (exact) mass is 390 g/mol. The van der Waals surface area contributed by atoms with Crippen molar-refractivity contribution < 1.29 is 23.9 Å². The molecule has 1 heterocycles. The fraction of sp³-hybridized carbons (Fsp3) is 0.316. The maximum atomic E-state index is 12.1. The lowest BCUT2D eigenvalue weighted by molar-refractivity contribution is -0.115. The Bertz CT molecular complexity index is 821. The number of anilines is 2. The van der Waals surface area contributed by atoms with Crippen molar-refractivity contribution in [2.24, 2.45) is 0 Å². The summed E-state index contributed by atoms with van der Waals surface area (Å²) in [5.41, 5.74) is 0.791. The van der Waals surface area contributed by atoms with Crippen LogP contribution in [0.1, 0.15) is 36.0 Å². The normalized spacial score (nSPS) is 10.8. The molecule has 8 heteroatoms. The molecule has 0 spiro atoms. The van der Waals surface area contributed by atoms with Crippen molar-refractivity contribution in [3.05, 3.63) is 46.8 Å². The zero-order valence-corrected chi connectivity index (χ0v) is 16.4. The third-order valence-electron chi connectivity index (χ3n) is 3.22. The summed E-state index contributed by atoms with van der Waals surface area (Å²) in [6.07, 6.45) is -0.370. The third kappa shape index (κ3) is 6.74. The molecule has 0 bridgehead atoms. The van der Waals surface area contributed by atoms with E-state index in [9.17, 15) is 14.4 Å². The van der Waals surface area contributed by atoms with Gasteiger partial charge < -0.3 is 14.8 Å². The van der Waals surface area contributed by atoms with Gasteiger partial charge in [-0.1, -0.05) is 12.1 Å². The Hall–Kier alpha value is -2.87. The number of hydrogen-bond donors (Lipinski definition) is 2. The molecule has 27 heavy (non-hydrogen) atoms. The van der Waals surface area contributed by atoms with Crippen molar-refractivity contribution in [3.8, 4) is 0 Å². The van der Waals surface area contributed by atoms with Gasteiger partial charge in [0.15, 0.2) is 0 Å². The molecule has 0 aliphatic rings. The van der Waals surface area contributed by atoms with E-state index in [1.54, 1.807) is 57.2 Å². The number of esters is 1. The second-order valence-corrected chi connectivity index (χ2v) is 7.79. The first-order chi connectivity index (χ1) is 12.7. The number of rotatable bonds is 5. The fourth-order valence-electron chi connectivity index (χ4n) is 2.11. The second kappa shape index (κ2) is 8.68. The Balaban J connectivity index is 1.88. The minimum atomic E-state index is -0.572. The lowest BCUT2D eigenvalue weighted by Gasteiger charge is -2.19. The summed E-state index contributed by atoms with van der Waals surface area (Å²) in [6, 6.07) is 10.2. The molecule has 2 N–H and O–H groups in total. The van der Waals surface area contributed by atoms with Gasteiger partial charge in [0.05, 0.1) is 18.5 Å². The average Bonchev–Trinajstić information content (AvgIpc) is 3.02. The fourth-order valence-corrected chi connectivity index (χ4v) is 2.95. The topological polar surface area (TPSA) is 93.7 Å². The van der Waals surface area contributed by atoms with E-state index in [0.717, 1.165) is 16.9 Å². The van der Waals surface area contributed by atoms with Crippen LogP contribution in [0.2, 0.25) is 0 Å². The maximum Gasteiger partial charge on any atom is 0.412 e. The SMILES string of the molecule is COC(=O)c1ccc(NC(=O)Cc2ccc(NC(=O)OC(C)(C)C)cc2)s1. The smallest absolute Gasteiger partial charge is 0.412 e. The molecule has 1 aromatic heterocycles. The van der Waals surface area contributed by atoms with Crippen molar-refractivity contribution in [1.82, 2.24) is 0 Å². The molecular weight excluding hydrogens is 368 g/mol.